The first-order chi connectivity index (χ1) is 8.49. The zero-order valence-electron chi connectivity index (χ0n) is 11.0. The normalized spacial score (nSPS) is 11.8. The van der Waals surface area contributed by atoms with Gasteiger partial charge in [0.05, 0.1) is 5.60 Å². The van der Waals surface area contributed by atoms with E-state index in [0.29, 0.717) is 37.9 Å². The van der Waals surface area contributed by atoms with Crippen LogP contribution < -0.4 is 5.32 Å². The molecule has 2 N–H and O–H groups in total. The van der Waals surface area contributed by atoms with Gasteiger partial charge in [-0.1, -0.05) is 13.8 Å². The molecule has 0 aliphatic heterocycles. The van der Waals surface area contributed by atoms with Crippen LogP contribution >= 0.6 is 0 Å². The van der Waals surface area contributed by atoms with Gasteiger partial charge in [-0.05, 0) is 43.5 Å². The lowest BCUT2D eigenvalue weighted by Gasteiger charge is -2.25. The van der Waals surface area contributed by atoms with E-state index in [9.17, 15) is 13.9 Å². The van der Waals surface area contributed by atoms with E-state index in [-0.39, 0.29) is 0 Å². The first-order valence-electron chi connectivity index (χ1n) is 6.37. The van der Waals surface area contributed by atoms with E-state index in [4.69, 9.17) is 0 Å². The average molecular weight is 257 g/mol. The summed E-state index contributed by atoms with van der Waals surface area (Å²) in [6, 6.07) is 3.52. The van der Waals surface area contributed by atoms with E-state index in [2.05, 4.69) is 5.32 Å². The molecule has 18 heavy (non-hydrogen) atoms. The van der Waals surface area contributed by atoms with E-state index in [1.54, 1.807) is 0 Å². The molecule has 1 aromatic carbocycles. The molecule has 0 saturated heterocycles. The fraction of sp³-hybridized carbons (Fsp3) is 0.571. The predicted octanol–water partition coefficient (Wildman–Crippen LogP) is 2.65. The molecule has 0 spiro atoms. The smallest absolute Gasteiger partial charge is 0.126 e. The van der Waals surface area contributed by atoms with Gasteiger partial charge in [-0.25, -0.2) is 8.78 Å². The molecule has 0 aromatic heterocycles. The van der Waals surface area contributed by atoms with Gasteiger partial charge < -0.3 is 10.4 Å². The number of hydrogen-bond donors (Lipinski definition) is 2. The fourth-order valence-corrected chi connectivity index (χ4v) is 1.81. The van der Waals surface area contributed by atoms with Gasteiger partial charge in [-0.2, -0.15) is 0 Å². The quantitative estimate of drug-likeness (QED) is 0.736. The molecule has 0 saturated carbocycles. The topological polar surface area (TPSA) is 32.3 Å². The Balaban J connectivity index is 2.38. The molecule has 0 unspecified atom stereocenters. The molecule has 2 nitrogen and oxygen atoms in total. The van der Waals surface area contributed by atoms with E-state index < -0.39 is 17.2 Å². The summed E-state index contributed by atoms with van der Waals surface area (Å²) in [5, 5.41) is 13.2. The number of halogens is 2. The highest BCUT2D eigenvalue weighted by Crippen LogP contribution is 2.13. The summed E-state index contributed by atoms with van der Waals surface area (Å²) in [6.07, 6.45) is 1.91. The number of aliphatic hydroxyl groups is 1. The molecule has 1 aromatic rings. The van der Waals surface area contributed by atoms with Gasteiger partial charge in [0.15, 0.2) is 0 Å². The maximum absolute atomic E-state index is 12.9. The van der Waals surface area contributed by atoms with Gasteiger partial charge in [0, 0.05) is 12.6 Å². The van der Waals surface area contributed by atoms with Crippen molar-refractivity contribution >= 4 is 0 Å². The SMILES string of the molecule is CCC(O)(CC)CNCCc1cc(F)cc(F)c1. The predicted molar refractivity (Wildman–Crippen MR) is 68.5 cm³/mol. The molecular weight excluding hydrogens is 236 g/mol. The first-order valence-corrected chi connectivity index (χ1v) is 6.37. The van der Waals surface area contributed by atoms with Crippen molar-refractivity contribution in [3.63, 3.8) is 0 Å². The summed E-state index contributed by atoms with van der Waals surface area (Å²) >= 11 is 0. The summed E-state index contributed by atoms with van der Waals surface area (Å²) in [6.45, 7) is 4.96. The monoisotopic (exact) mass is 257 g/mol. The third-order valence-corrected chi connectivity index (χ3v) is 3.28. The zero-order chi connectivity index (χ0) is 13.6. The van der Waals surface area contributed by atoms with E-state index in [1.165, 1.54) is 12.1 Å². The van der Waals surface area contributed by atoms with Gasteiger partial charge in [0.25, 0.3) is 0 Å². The van der Waals surface area contributed by atoms with Crippen LogP contribution in [-0.4, -0.2) is 23.8 Å². The summed E-state index contributed by atoms with van der Waals surface area (Å²) in [5.41, 5.74) is -0.0655. The average Bonchev–Trinajstić information content (AvgIpc) is 2.33. The number of rotatable bonds is 7. The highest BCUT2D eigenvalue weighted by atomic mass is 19.1. The minimum Gasteiger partial charge on any atom is -0.389 e. The summed E-state index contributed by atoms with van der Waals surface area (Å²) in [4.78, 5) is 0. The Kier molecular flexibility index (Phi) is 5.69. The summed E-state index contributed by atoms with van der Waals surface area (Å²) in [5.74, 6) is -1.10. The van der Waals surface area contributed by atoms with Crippen LogP contribution in [0.1, 0.15) is 32.3 Å². The lowest BCUT2D eigenvalue weighted by molar-refractivity contribution is 0.0328. The molecule has 1 rings (SSSR count). The number of hydrogen-bond acceptors (Lipinski definition) is 2. The van der Waals surface area contributed by atoms with Crippen LogP contribution in [0.4, 0.5) is 8.78 Å². The van der Waals surface area contributed by atoms with E-state index >= 15 is 0 Å². The molecule has 0 aliphatic carbocycles. The van der Waals surface area contributed by atoms with Crippen molar-refractivity contribution in [3.8, 4) is 0 Å². The van der Waals surface area contributed by atoms with Crippen LogP contribution in [0.3, 0.4) is 0 Å². The van der Waals surface area contributed by atoms with Crippen LogP contribution in [0.5, 0.6) is 0 Å². The second-order valence-electron chi connectivity index (χ2n) is 4.64. The number of nitrogens with one attached hydrogen (secondary N) is 1. The highest BCUT2D eigenvalue weighted by Gasteiger charge is 2.20. The summed E-state index contributed by atoms with van der Waals surface area (Å²) < 4.78 is 25.9. The maximum Gasteiger partial charge on any atom is 0.126 e. The second kappa shape index (κ2) is 6.81. The van der Waals surface area contributed by atoms with E-state index in [1.807, 2.05) is 13.8 Å². The Morgan fingerprint density at radius 2 is 1.67 bits per heavy atom. The third-order valence-electron chi connectivity index (χ3n) is 3.28. The Labute approximate surface area is 107 Å². The van der Waals surface area contributed by atoms with Crippen molar-refractivity contribution < 1.29 is 13.9 Å². The largest absolute Gasteiger partial charge is 0.389 e. The molecule has 4 heteroatoms. The van der Waals surface area contributed by atoms with Crippen molar-refractivity contribution in [2.75, 3.05) is 13.1 Å². The minimum absolute atomic E-state index is 0.498. The number of benzene rings is 1. The maximum atomic E-state index is 12.9. The van der Waals surface area contributed by atoms with Crippen LogP contribution in [0.2, 0.25) is 0 Å². The standard InChI is InChI=1S/C14H21F2NO/c1-3-14(18,4-2)10-17-6-5-11-7-12(15)9-13(16)8-11/h7-9,17-18H,3-6,10H2,1-2H3. The zero-order valence-corrected chi connectivity index (χ0v) is 11.0. The molecule has 0 heterocycles. The van der Waals surface area contributed by atoms with Crippen molar-refractivity contribution in [1.29, 1.82) is 0 Å². The third kappa shape index (κ3) is 4.70. The lowest BCUT2D eigenvalue weighted by Crippen LogP contribution is -2.40. The molecule has 0 aliphatic rings. The van der Waals surface area contributed by atoms with Crippen LogP contribution in [0.15, 0.2) is 18.2 Å². The van der Waals surface area contributed by atoms with Crippen molar-refractivity contribution in [1.82, 2.24) is 5.32 Å². The molecular formula is C14H21F2NO. The highest BCUT2D eigenvalue weighted by molar-refractivity contribution is 5.18. The van der Waals surface area contributed by atoms with E-state index in [0.717, 1.165) is 6.07 Å². The molecule has 102 valence electrons. The minimum atomic E-state index is -0.687. The first kappa shape index (κ1) is 15.1. The van der Waals surface area contributed by atoms with Crippen molar-refractivity contribution in [2.24, 2.45) is 0 Å². The Hall–Kier alpha value is -1.00. The molecule has 0 fully saturated rings. The Morgan fingerprint density at radius 1 is 1.11 bits per heavy atom. The fourth-order valence-electron chi connectivity index (χ4n) is 1.81. The molecule has 0 bridgehead atoms. The molecule has 0 amide bonds. The molecule has 0 atom stereocenters. The summed E-state index contributed by atoms with van der Waals surface area (Å²) in [7, 11) is 0. The van der Waals surface area contributed by atoms with Gasteiger partial charge >= 0.3 is 0 Å². The van der Waals surface area contributed by atoms with Crippen LogP contribution in [0.25, 0.3) is 0 Å². The van der Waals surface area contributed by atoms with Crippen LogP contribution in [0, 0.1) is 11.6 Å². The van der Waals surface area contributed by atoms with Crippen molar-refractivity contribution in [3.05, 3.63) is 35.4 Å². The Bertz CT molecular complexity index is 358. The second-order valence-corrected chi connectivity index (χ2v) is 4.64. The van der Waals surface area contributed by atoms with Gasteiger partial charge in [-0.15, -0.1) is 0 Å². The van der Waals surface area contributed by atoms with Gasteiger partial charge in [-0.3, -0.25) is 0 Å². The van der Waals surface area contributed by atoms with Gasteiger partial charge in [0.2, 0.25) is 0 Å². The lowest BCUT2D eigenvalue weighted by atomic mass is 9.97. The van der Waals surface area contributed by atoms with Gasteiger partial charge in [0.1, 0.15) is 11.6 Å². The van der Waals surface area contributed by atoms with Crippen LogP contribution in [-0.2, 0) is 6.42 Å². The Morgan fingerprint density at radius 3 is 2.17 bits per heavy atom. The van der Waals surface area contributed by atoms with Crippen molar-refractivity contribution in [2.45, 2.75) is 38.7 Å². The molecule has 0 radical (unpaired) electrons.